The number of furan rings is 1. The van der Waals surface area contributed by atoms with Crippen LogP contribution in [0.25, 0.3) is 0 Å². The molecule has 0 unspecified atom stereocenters. The molecule has 1 aromatic rings. The molecule has 1 heterocycles. The molecule has 0 bridgehead atoms. The smallest absolute Gasteiger partial charge is 0.276 e. The molecule has 0 N–H and O–H groups in total. The lowest BCUT2D eigenvalue weighted by Gasteiger charge is -2.48. The molecule has 20 heavy (non-hydrogen) atoms. The van der Waals surface area contributed by atoms with Crippen molar-refractivity contribution < 1.29 is 17.6 Å². The summed E-state index contributed by atoms with van der Waals surface area (Å²) >= 11 is 0. The number of hydrogen-bond acceptors (Lipinski definition) is 5. The Morgan fingerprint density at radius 3 is 2.35 bits per heavy atom. The highest BCUT2D eigenvalue weighted by molar-refractivity contribution is 7.89. The molecule has 112 valence electrons. The quantitative estimate of drug-likeness (QED) is 0.738. The van der Waals surface area contributed by atoms with Crippen LogP contribution in [0, 0.1) is 0 Å². The third kappa shape index (κ3) is 2.53. The van der Waals surface area contributed by atoms with Gasteiger partial charge < -0.3 is 9.32 Å². The molecule has 6 nitrogen and oxygen atoms in total. The third-order valence-corrected chi connectivity index (χ3v) is 5.81. The van der Waals surface area contributed by atoms with Gasteiger partial charge in [-0.25, -0.2) is 8.42 Å². The molecule has 0 aromatic carbocycles. The maximum atomic E-state index is 12.4. The summed E-state index contributed by atoms with van der Waals surface area (Å²) in [6.45, 7) is 0.416. The first kappa shape index (κ1) is 15.2. The number of nitrogens with zero attached hydrogens (tertiary/aromatic N) is 2. The SMILES string of the molecule is CN(C)C1(CN(C)S(=O)(=O)c2ccc(C=O)o2)CCC1. The Morgan fingerprint density at radius 2 is 1.95 bits per heavy atom. The van der Waals surface area contributed by atoms with E-state index in [1.165, 1.54) is 16.4 Å². The van der Waals surface area contributed by atoms with Gasteiger partial charge in [-0.3, -0.25) is 4.79 Å². The zero-order chi connectivity index (χ0) is 15.0. The molecular formula is C13H20N2O4S. The number of sulfonamides is 1. The molecule has 1 saturated carbocycles. The monoisotopic (exact) mass is 300 g/mol. The Kier molecular flexibility index (Phi) is 4.04. The minimum absolute atomic E-state index is 0.0166. The molecule has 0 radical (unpaired) electrons. The maximum Gasteiger partial charge on any atom is 0.276 e. The van der Waals surface area contributed by atoms with Gasteiger partial charge in [0.2, 0.25) is 5.09 Å². The lowest BCUT2D eigenvalue weighted by atomic mass is 9.75. The zero-order valence-electron chi connectivity index (χ0n) is 12.0. The highest BCUT2D eigenvalue weighted by Gasteiger charge is 2.42. The minimum Gasteiger partial charge on any atom is -0.440 e. The second kappa shape index (κ2) is 5.31. The van der Waals surface area contributed by atoms with Crippen LogP contribution in [0.4, 0.5) is 0 Å². The largest absolute Gasteiger partial charge is 0.440 e. The van der Waals surface area contributed by atoms with E-state index in [0.29, 0.717) is 12.8 Å². The van der Waals surface area contributed by atoms with Gasteiger partial charge in [0.05, 0.1) is 0 Å². The van der Waals surface area contributed by atoms with E-state index in [2.05, 4.69) is 4.90 Å². The highest BCUT2D eigenvalue weighted by Crippen LogP contribution is 2.37. The van der Waals surface area contributed by atoms with E-state index in [1.807, 2.05) is 14.1 Å². The van der Waals surface area contributed by atoms with Gasteiger partial charge in [-0.15, -0.1) is 0 Å². The average molecular weight is 300 g/mol. The molecule has 0 saturated heterocycles. The van der Waals surface area contributed by atoms with Crippen molar-refractivity contribution in [1.29, 1.82) is 0 Å². The molecule has 1 aromatic heterocycles. The van der Waals surface area contributed by atoms with E-state index >= 15 is 0 Å². The van der Waals surface area contributed by atoms with Crippen LogP contribution in [0.2, 0.25) is 0 Å². The Balaban J connectivity index is 2.19. The third-order valence-electron chi connectivity index (χ3n) is 4.13. The van der Waals surface area contributed by atoms with Crippen molar-refractivity contribution in [2.75, 3.05) is 27.7 Å². The number of rotatable bonds is 6. The van der Waals surface area contributed by atoms with E-state index in [0.717, 1.165) is 19.3 Å². The fourth-order valence-electron chi connectivity index (χ4n) is 2.52. The number of hydrogen-bond donors (Lipinski definition) is 0. The normalized spacial score (nSPS) is 18.2. The predicted octanol–water partition coefficient (Wildman–Crippen LogP) is 1.20. The predicted molar refractivity (Wildman–Crippen MR) is 74.2 cm³/mol. The first-order valence-electron chi connectivity index (χ1n) is 6.51. The van der Waals surface area contributed by atoms with Crippen molar-refractivity contribution >= 4 is 16.3 Å². The fraction of sp³-hybridized carbons (Fsp3) is 0.615. The van der Waals surface area contributed by atoms with Gasteiger partial charge in [0.15, 0.2) is 12.0 Å². The average Bonchev–Trinajstić information content (AvgIpc) is 2.82. The van der Waals surface area contributed by atoms with Gasteiger partial charge in [0.1, 0.15) is 0 Å². The molecule has 1 aliphatic carbocycles. The van der Waals surface area contributed by atoms with E-state index in [9.17, 15) is 13.2 Å². The van der Waals surface area contributed by atoms with Crippen molar-refractivity contribution in [3.05, 3.63) is 17.9 Å². The standard InChI is InChI=1S/C13H20N2O4S/c1-14(2)13(7-4-8-13)10-15(3)20(17,18)12-6-5-11(9-16)19-12/h5-6,9H,4,7-8,10H2,1-3H3. The van der Waals surface area contributed by atoms with Crippen molar-refractivity contribution in [3.63, 3.8) is 0 Å². The molecule has 0 spiro atoms. The number of aldehydes is 1. The fourth-order valence-corrected chi connectivity index (χ4v) is 3.68. The summed E-state index contributed by atoms with van der Waals surface area (Å²) in [5, 5.41) is -0.185. The molecule has 0 amide bonds. The highest BCUT2D eigenvalue weighted by atomic mass is 32.2. The molecule has 1 fully saturated rings. The molecule has 0 aliphatic heterocycles. The first-order chi connectivity index (χ1) is 9.32. The van der Waals surface area contributed by atoms with Crippen LogP contribution in [-0.4, -0.2) is 57.1 Å². The van der Waals surface area contributed by atoms with Crippen LogP contribution in [-0.2, 0) is 10.0 Å². The van der Waals surface area contributed by atoms with E-state index in [-0.39, 0.29) is 16.4 Å². The Morgan fingerprint density at radius 1 is 1.30 bits per heavy atom. The Bertz CT molecular complexity index is 587. The van der Waals surface area contributed by atoms with Gasteiger partial charge in [-0.05, 0) is 45.5 Å². The summed E-state index contributed by atoms with van der Waals surface area (Å²) in [6, 6.07) is 2.68. The van der Waals surface area contributed by atoms with Gasteiger partial charge in [-0.1, -0.05) is 0 Å². The van der Waals surface area contributed by atoms with E-state index in [4.69, 9.17) is 4.42 Å². The van der Waals surface area contributed by atoms with Gasteiger partial charge in [0.25, 0.3) is 10.0 Å². The summed E-state index contributed by atoms with van der Waals surface area (Å²) in [6.07, 6.45) is 3.57. The van der Waals surface area contributed by atoms with Crippen molar-refractivity contribution in [3.8, 4) is 0 Å². The van der Waals surface area contributed by atoms with Crippen LogP contribution in [0.1, 0.15) is 29.8 Å². The van der Waals surface area contributed by atoms with Crippen molar-refractivity contribution in [2.45, 2.75) is 29.9 Å². The summed E-state index contributed by atoms with van der Waals surface area (Å²) in [4.78, 5) is 12.7. The lowest BCUT2D eigenvalue weighted by molar-refractivity contribution is 0.0452. The van der Waals surface area contributed by atoms with Crippen LogP contribution >= 0.6 is 0 Å². The topological polar surface area (TPSA) is 70.8 Å². The van der Waals surface area contributed by atoms with E-state index in [1.54, 1.807) is 7.05 Å². The summed E-state index contributed by atoms with van der Waals surface area (Å²) in [7, 11) is 1.79. The van der Waals surface area contributed by atoms with Gasteiger partial charge >= 0.3 is 0 Å². The molecule has 1 aliphatic rings. The van der Waals surface area contributed by atoms with Crippen LogP contribution in [0.5, 0.6) is 0 Å². The van der Waals surface area contributed by atoms with Gasteiger partial charge in [0, 0.05) is 19.1 Å². The summed E-state index contributed by atoms with van der Waals surface area (Å²) in [5.74, 6) is 0.0166. The summed E-state index contributed by atoms with van der Waals surface area (Å²) in [5.41, 5.74) is -0.0953. The number of likely N-dealkylation sites (N-methyl/N-ethyl adjacent to an activating group) is 2. The van der Waals surface area contributed by atoms with Gasteiger partial charge in [-0.2, -0.15) is 4.31 Å². The van der Waals surface area contributed by atoms with Crippen molar-refractivity contribution in [1.82, 2.24) is 9.21 Å². The first-order valence-corrected chi connectivity index (χ1v) is 7.95. The summed E-state index contributed by atoms with van der Waals surface area (Å²) < 4.78 is 31.1. The lowest BCUT2D eigenvalue weighted by Crippen LogP contribution is -2.57. The second-order valence-electron chi connectivity index (χ2n) is 5.51. The Labute approximate surface area is 119 Å². The molecular weight excluding hydrogens is 280 g/mol. The Hall–Kier alpha value is -1.18. The zero-order valence-corrected chi connectivity index (χ0v) is 12.8. The van der Waals surface area contributed by atoms with Crippen molar-refractivity contribution in [2.24, 2.45) is 0 Å². The maximum absolute atomic E-state index is 12.4. The minimum atomic E-state index is -3.69. The number of carbonyl (C=O) groups is 1. The van der Waals surface area contributed by atoms with Crippen LogP contribution < -0.4 is 0 Å². The van der Waals surface area contributed by atoms with Crippen LogP contribution in [0.15, 0.2) is 21.6 Å². The molecule has 7 heteroatoms. The van der Waals surface area contributed by atoms with Crippen LogP contribution in [0.3, 0.4) is 0 Å². The van der Waals surface area contributed by atoms with E-state index < -0.39 is 10.0 Å². The molecule has 0 atom stereocenters. The number of carbonyl (C=O) groups excluding carboxylic acids is 1. The second-order valence-corrected chi connectivity index (χ2v) is 7.48. The molecule has 2 rings (SSSR count).